The SMILES string of the molecule is COc1cc(OC)nc(C=NOC(=O)C(C)(C)c2c(F)cccc2F)n1. The molecule has 138 valence electrons. The van der Waals surface area contributed by atoms with Gasteiger partial charge in [0, 0.05) is 5.56 Å². The second kappa shape index (κ2) is 7.85. The van der Waals surface area contributed by atoms with Gasteiger partial charge in [-0.05, 0) is 26.0 Å². The van der Waals surface area contributed by atoms with Crippen LogP contribution >= 0.6 is 0 Å². The predicted octanol–water partition coefficient (Wildman–Crippen LogP) is 2.63. The van der Waals surface area contributed by atoms with Crippen molar-refractivity contribution in [3.8, 4) is 11.8 Å². The van der Waals surface area contributed by atoms with Crippen LogP contribution in [0.15, 0.2) is 29.4 Å². The monoisotopic (exact) mass is 365 g/mol. The Morgan fingerprint density at radius 2 is 1.65 bits per heavy atom. The maximum atomic E-state index is 13.9. The van der Waals surface area contributed by atoms with Gasteiger partial charge in [-0.1, -0.05) is 11.2 Å². The van der Waals surface area contributed by atoms with Crippen LogP contribution in [-0.4, -0.2) is 36.4 Å². The maximum absolute atomic E-state index is 13.9. The number of rotatable bonds is 6. The lowest BCUT2D eigenvalue weighted by Gasteiger charge is -2.22. The summed E-state index contributed by atoms with van der Waals surface area (Å²) in [7, 11) is 2.82. The van der Waals surface area contributed by atoms with Crippen molar-refractivity contribution in [2.45, 2.75) is 19.3 Å². The molecule has 0 fully saturated rings. The Bertz CT molecular complexity index is 798. The van der Waals surface area contributed by atoms with Crippen LogP contribution in [0.1, 0.15) is 25.2 Å². The van der Waals surface area contributed by atoms with Gasteiger partial charge in [0.05, 0.1) is 25.7 Å². The Kier molecular flexibility index (Phi) is 5.81. The molecule has 0 atom stereocenters. The van der Waals surface area contributed by atoms with E-state index < -0.39 is 28.6 Å². The minimum absolute atomic E-state index is 0.0591. The van der Waals surface area contributed by atoms with Gasteiger partial charge in [0.2, 0.25) is 11.8 Å². The Labute approximate surface area is 148 Å². The van der Waals surface area contributed by atoms with Gasteiger partial charge < -0.3 is 14.3 Å². The number of halogens is 2. The molecule has 0 aliphatic heterocycles. The summed E-state index contributed by atoms with van der Waals surface area (Å²) in [5.74, 6) is -2.15. The molecule has 1 aromatic heterocycles. The zero-order valence-electron chi connectivity index (χ0n) is 14.6. The third kappa shape index (κ3) is 4.11. The number of hydrogen-bond acceptors (Lipinski definition) is 7. The largest absolute Gasteiger partial charge is 0.481 e. The molecule has 0 spiro atoms. The van der Waals surface area contributed by atoms with Crippen molar-refractivity contribution in [1.82, 2.24) is 9.97 Å². The maximum Gasteiger partial charge on any atom is 0.345 e. The second-order valence-electron chi connectivity index (χ2n) is 5.65. The summed E-state index contributed by atoms with van der Waals surface area (Å²) >= 11 is 0. The molecule has 7 nitrogen and oxygen atoms in total. The molecule has 0 radical (unpaired) electrons. The van der Waals surface area contributed by atoms with E-state index >= 15 is 0 Å². The Hall–Kier alpha value is -3.10. The van der Waals surface area contributed by atoms with Crippen molar-refractivity contribution in [2.75, 3.05) is 14.2 Å². The molecule has 0 bridgehead atoms. The molecular formula is C17H17F2N3O4. The first kappa shape index (κ1) is 19.2. The Balaban J connectivity index is 2.19. The summed E-state index contributed by atoms with van der Waals surface area (Å²) in [5, 5.41) is 3.49. The van der Waals surface area contributed by atoms with E-state index in [4.69, 9.17) is 14.3 Å². The Morgan fingerprint density at radius 1 is 1.12 bits per heavy atom. The van der Waals surface area contributed by atoms with Crippen molar-refractivity contribution < 1.29 is 27.9 Å². The summed E-state index contributed by atoms with van der Waals surface area (Å²) in [5.41, 5.74) is -2.00. The van der Waals surface area contributed by atoms with Crippen LogP contribution in [0.4, 0.5) is 8.78 Å². The normalized spacial score (nSPS) is 11.5. The molecule has 2 rings (SSSR count). The number of methoxy groups -OCH3 is 2. The zero-order chi connectivity index (χ0) is 19.3. The number of ether oxygens (including phenoxy) is 2. The topological polar surface area (TPSA) is 82.9 Å². The van der Waals surface area contributed by atoms with Crippen molar-refractivity contribution in [2.24, 2.45) is 5.16 Å². The van der Waals surface area contributed by atoms with E-state index in [1.165, 1.54) is 40.2 Å². The quantitative estimate of drug-likeness (QED) is 0.445. The minimum atomic E-state index is -1.60. The zero-order valence-corrected chi connectivity index (χ0v) is 14.6. The van der Waals surface area contributed by atoms with Crippen LogP contribution in [-0.2, 0) is 15.0 Å². The summed E-state index contributed by atoms with van der Waals surface area (Å²) in [6, 6.07) is 4.79. The van der Waals surface area contributed by atoms with Crippen molar-refractivity contribution >= 4 is 12.2 Å². The van der Waals surface area contributed by atoms with Gasteiger partial charge >= 0.3 is 5.97 Å². The highest BCUT2D eigenvalue weighted by Crippen LogP contribution is 2.29. The fourth-order valence-electron chi connectivity index (χ4n) is 2.12. The number of carbonyl (C=O) groups is 1. The van der Waals surface area contributed by atoms with Gasteiger partial charge in [-0.25, -0.2) is 13.6 Å². The molecule has 0 amide bonds. The molecule has 1 heterocycles. The molecule has 0 aliphatic carbocycles. The average molecular weight is 365 g/mol. The van der Waals surface area contributed by atoms with E-state index in [1.807, 2.05) is 0 Å². The van der Waals surface area contributed by atoms with Gasteiger partial charge in [-0.2, -0.15) is 9.97 Å². The van der Waals surface area contributed by atoms with Crippen LogP contribution < -0.4 is 9.47 Å². The van der Waals surface area contributed by atoms with Gasteiger partial charge in [0.25, 0.3) is 0 Å². The van der Waals surface area contributed by atoms with Gasteiger partial charge in [-0.15, -0.1) is 0 Å². The fourth-order valence-corrected chi connectivity index (χ4v) is 2.12. The number of carbonyl (C=O) groups excluding carboxylic acids is 1. The van der Waals surface area contributed by atoms with Crippen LogP contribution in [0.5, 0.6) is 11.8 Å². The molecule has 0 unspecified atom stereocenters. The third-order valence-corrected chi connectivity index (χ3v) is 3.52. The molecule has 1 aromatic carbocycles. The van der Waals surface area contributed by atoms with E-state index in [0.29, 0.717) is 0 Å². The minimum Gasteiger partial charge on any atom is -0.481 e. The van der Waals surface area contributed by atoms with Crippen LogP contribution in [0.25, 0.3) is 0 Å². The predicted molar refractivity (Wildman–Crippen MR) is 88.2 cm³/mol. The lowest BCUT2D eigenvalue weighted by Crippen LogP contribution is -2.32. The van der Waals surface area contributed by atoms with E-state index in [0.717, 1.165) is 18.3 Å². The van der Waals surface area contributed by atoms with Crippen LogP contribution in [0.2, 0.25) is 0 Å². The highest BCUT2D eigenvalue weighted by Gasteiger charge is 2.37. The standard InChI is InChI=1S/C17H17F2N3O4/c1-17(2,15-10(18)6-5-7-11(15)19)16(23)26-20-9-12-21-13(24-3)8-14(22-12)25-4/h5-9H,1-4H3. The molecule has 0 saturated carbocycles. The third-order valence-electron chi connectivity index (χ3n) is 3.52. The van der Waals surface area contributed by atoms with Crippen molar-refractivity contribution in [1.29, 1.82) is 0 Å². The van der Waals surface area contributed by atoms with Crippen molar-refractivity contribution in [3.63, 3.8) is 0 Å². The van der Waals surface area contributed by atoms with Gasteiger partial charge in [0.15, 0.2) is 5.82 Å². The van der Waals surface area contributed by atoms with Crippen molar-refractivity contribution in [3.05, 3.63) is 47.3 Å². The molecular weight excluding hydrogens is 348 g/mol. The summed E-state index contributed by atoms with van der Waals surface area (Å²) in [6.07, 6.45) is 1.05. The summed E-state index contributed by atoms with van der Waals surface area (Å²) in [4.78, 5) is 24.9. The highest BCUT2D eigenvalue weighted by atomic mass is 19.1. The Morgan fingerprint density at radius 3 is 2.15 bits per heavy atom. The number of hydrogen-bond donors (Lipinski definition) is 0. The highest BCUT2D eigenvalue weighted by molar-refractivity contribution is 5.83. The van der Waals surface area contributed by atoms with E-state index in [1.54, 1.807) is 0 Å². The van der Waals surface area contributed by atoms with E-state index in [9.17, 15) is 13.6 Å². The molecule has 26 heavy (non-hydrogen) atoms. The molecule has 0 aliphatic rings. The van der Waals surface area contributed by atoms with Gasteiger partial charge in [-0.3, -0.25) is 0 Å². The number of nitrogens with zero attached hydrogens (tertiary/aromatic N) is 3. The first-order valence-electron chi connectivity index (χ1n) is 7.46. The van der Waals surface area contributed by atoms with E-state index in [-0.39, 0.29) is 17.6 Å². The number of benzene rings is 1. The van der Waals surface area contributed by atoms with Crippen LogP contribution in [0, 0.1) is 11.6 Å². The fraction of sp³-hybridized carbons (Fsp3) is 0.294. The first-order valence-corrected chi connectivity index (χ1v) is 7.46. The lowest BCUT2D eigenvalue weighted by molar-refractivity contribution is -0.149. The molecule has 2 aromatic rings. The number of aromatic nitrogens is 2. The smallest absolute Gasteiger partial charge is 0.345 e. The summed E-state index contributed by atoms with van der Waals surface area (Å²) < 4.78 is 37.8. The van der Waals surface area contributed by atoms with E-state index in [2.05, 4.69) is 15.1 Å². The lowest BCUT2D eigenvalue weighted by atomic mass is 9.84. The number of oxime groups is 1. The first-order chi connectivity index (χ1) is 12.3. The summed E-state index contributed by atoms with van der Waals surface area (Å²) in [6.45, 7) is 2.66. The molecule has 0 saturated heterocycles. The molecule has 0 N–H and O–H groups in total. The second-order valence-corrected chi connectivity index (χ2v) is 5.65. The van der Waals surface area contributed by atoms with Crippen LogP contribution in [0.3, 0.4) is 0 Å². The molecule has 9 heteroatoms. The van der Waals surface area contributed by atoms with Gasteiger partial charge in [0.1, 0.15) is 17.8 Å². The average Bonchev–Trinajstić information content (AvgIpc) is 2.60.